The first kappa shape index (κ1) is 26.4. The van der Waals surface area contributed by atoms with Crippen molar-refractivity contribution in [3.05, 3.63) is 72.8 Å². The van der Waals surface area contributed by atoms with E-state index in [1.165, 1.54) is 10.4 Å². The molecule has 1 atom stereocenters. The van der Waals surface area contributed by atoms with Gasteiger partial charge in [-0.15, -0.1) is 11.5 Å². The highest BCUT2D eigenvalue weighted by Crippen LogP contribution is 2.38. The van der Waals surface area contributed by atoms with Crippen LogP contribution < -0.4 is 10.4 Å². The molecule has 0 amide bonds. The molecule has 2 aromatic rings. The van der Waals surface area contributed by atoms with Crippen LogP contribution in [0.1, 0.15) is 53.4 Å². The van der Waals surface area contributed by atoms with Crippen LogP contribution in [-0.4, -0.2) is 22.5 Å². The molecule has 0 saturated carbocycles. The molecule has 0 fully saturated rings. The number of hydrogen-bond donors (Lipinski definition) is 0. The Morgan fingerprint density at radius 3 is 1.88 bits per heavy atom. The van der Waals surface area contributed by atoms with E-state index < -0.39 is 16.4 Å². The summed E-state index contributed by atoms with van der Waals surface area (Å²) in [6.07, 6.45) is 8.84. The maximum absolute atomic E-state index is 7.23. The van der Waals surface area contributed by atoms with Gasteiger partial charge >= 0.3 is 0 Å². The Balaban J connectivity index is 2.27. The van der Waals surface area contributed by atoms with E-state index in [0.717, 1.165) is 25.7 Å². The van der Waals surface area contributed by atoms with Gasteiger partial charge in [0.2, 0.25) is 0 Å². The lowest BCUT2D eigenvalue weighted by molar-refractivity contribution is 0.228. The second-order valence-corrected chi connectivity index (χ2v) is 19.6. The second-order valence-electron chi connectivity index (χ2n) is 10.6. The molecule has 0 spiro atoms. The lowest BCUT2D eigenvalue weighted by Gasteiger charge is -2.44. The SMILES string of the molecule is CC[C@@H](/C=C\CCCC#C[Si](C)(C)C)O[Si](c1ccccc1)(c1ccccc1)C(C)(C)C. The highest BCUT2D eigenvalue weighted by atomic mass is 28.4. The van der Waals surface area contributed by atoms with Crippen molar-refractivity contribution in [1.29, 1.82) is 0 Å². The lowest BCUT2D eigenvalue weighted by atomic mass is 10.2. The minimum atomic E-state index is -2.50. The summed E-state index contributed by atoms with van der Waals surface area (Å²) < 4.78 is 7.23. The van der Waals surface area contributed by atoms with Crippen molar-refractivity contribution in [3.8, 4) is 11.5 Å². The Kier molecular flexibility index (Phi) is 9.76. The van der Waals surface area contributed by atoms with Crippen LogP contribution in [0.25, 0.3) is 0 Å². The lowest BCUT2D eigenvalue weighted by Crippen LogP contribution is -2.67. The summed E-state index contributed by atoms with van der Waals surface area (Å²) in [4.78, 5) is 0. The third-order valence-corrected chi connectivity index (χ3v) is 11.6. The molecule has 32 heavy (non-hydrogen) atoms. The van der Waals surface area contributed by atoms with Crippen LogP contribution >= 0.6 is 0 Å². The topological polar surface area (TPSA) is 9.23 Å². The summed E-state index contributed by atoms with van der Waals surface area (Å²) in [7, 11) is -3.76. The summed E-state index contributed by atoms with van der Waals surface area (Å²) in [5, 5.41) is 2.68. The Morgan fingerprint density at radius 2 is 1.44 bits per heavy atom. The van der Waals surface area contributed by atoms with Gasteiger partial charge in [-0.05, 0) is 34.7 Å². The summed E-state index contributed by atoms with van der Waals surface area (Å²) in [5.41, 5.74) is 3.46. The first-order chi connectivity index (χ1) is 15.1. The summed E-state index contributed by atoms with van der Waals surface area (Å²) in [6, 6.07) is 21.8. The molecular formula is C29H42OSi2. The maximum Gasteiger partial charge on any atom is 0.261 e. The van der Waals surface area contributed by atoms with Gasteiger partial charge in [-0.25, -0.2) is 0 Å². The van der Waals surface area contributed by atoms with Gasteiger partial charge in [-0.2, -0.15) is 0 Å². The molecule has 0 saturated heterocycles. The fourth-order valence-electron chi connectivity index (χ4n) is 4.06. The highest BCUT2D eigenvalue weighted by molar-refractivity contribution is 6.99. The average molecular weight is 463 g/mol. The molecule has 2 aromatic carbocycles. The van der Waals surface area contributed by atoms with Gasteiger partial charge in [0.1, 0.15) is 8.07 Å². The van der Waals surface area contributed by atoms with E-state index in [1.807, 2.05) is 0 Å². The number of rotatable bonds is 9. The quantitative estimate of drug-likeness (QED) is 0.170. The minimum Gasteiger partial charge on any atom is -0.401 e. The number of unbranched alkanes of at least 4 members (excludes halogenated alkanes) is 2. The van der Waals surface area contributed by atoms with E-state index in [4.69, 9.17) is 4.43 Å². The largest absolute Gasteiger partial charge is 0.401 e. The van der Waals surface area contributed by atoms with Gasteiger partial charge in [0.15, 0.2) is 0 Å². The molecule has 0 aliphatic carbocycles. The minimum absolute atomic E-state index is 0.00337. The number of hydrogen-bond acceptors (Lipinski definition) is 1. The Morgan fingerprint density at radius 1 is 0.906 bits per heavy atom. The standard InChI is InChI=1S/C29H42OSi2/c1-8-26(20-14-10-9-11-19-25-31(5,6)7)30-32(29(2,3)4,27-21-15-12-16-22-27)28-23-17-13-18-24-28/h12-18,20-24,26H,8-11H2,1-7H3/b20-14-/t26-/m0/s1. The average Bonchev–Trinajstić information content (AvgIpc) is 2.75. The molecule has 0 bridgehead atoms. The van der Waals surface area contributed by atoms with Crippen LogP contribution in [0.2, 0.25) is 24.7 Å². The zero-order valence-corrected chi connectivity index (χ0v) is 23.2. The fraction of sp³-hybridized carbons (Fsp3) is 0.448. The molecule has 0 aliphatic heterocycles. The molecule has 2 rings (SSSR count). The van der Waals surface area contributed by atoms with Gasteiger partial charge in [-0.1, -0.05) is 120 Å². The van der Waals surface area contributed by atoms with Gasteiger partial charge in [-0.3, -0.25) is 0 Å². The molecule has 0 heterocycles. The highest BCUT2D eigenvalue weighted by Gasteiger charge is 2.51. The smallest absolute Gasteiger partial charge is 0.261 e. The summed E-state index contributed by atoms with van der Waals surface area (Å²) >= 11 is 0. The summed E-state index contributed by atoms with van der Waals surface area (Å²) in [5.74, 6) is 3.38. The third kappa shape index (κ3) is 7.34. The number of benzene rings is 2. The van der Waals surface area contributed by atoms with E-state index in [9.17, 15) is 0 Å². The van der Waals surface area contributed by atoms with Crippen molar-refractivity contribution in [3.63, 3.8) is 0 Å². The first-order valence-corrected chi connectivity index (χ1v) is 17.5. The third-order valence-electron chi connectivity index (χ3n) is 5.63. The molecule has 0 radical (unpaired) electrons. The molecular weight excluding hydrogens is 420 g/mol. The van der Waals surface area contributed by atoms with E-state index in [2.05, 4.69) is 132 Å². The number of allylic oxidation sites excluding steroid dienone is 1. The Labute approximate surface area is 199 Å². The first-order valence-electron chi connectivity index (χ1n) is 12.1. The normalized spacial score (nSPS) is 13.6. The van der Waals surface area contributed by atoms with Crippen LogP contribution in [0.4, 0.5) is 0 Å². The molecule has 0 N–H and O–H groups in total. The predicted molar refractivity (Wildman–Crippen MR) is 147 cm³/mol. The van der Waals surface area contributed by atoms with Gasteiger partial charge in [0.05, 0.1) is 6.10 Å². The maximum atomic E-state index is 7.23. The van der Waals surface area contributed by atoms with Crippen molar-refractivity contribution < 1.29 is 4.43 Å². The van der Waals surface area contributed by atoms with Crippen LogP contribution in [0.15, 0.2) is 72.8 Å². The molecule has 172 valence electrons. The summed E-state index contributed by atoms with van der Waals surface area (Å²) in [6.45, 7) is 16.1. The predicted octanol–water partition coefficient (Wildman–Crippen LogP) is 6.95. The van der Waals surface area contributed by atoms with E-state index in [-0.39, 0.29) is 11.1 Å². The van der Waals surface area contributed by atoms with Crippen molar-refractivity contribution in [2.45, 2.75) is 84.2 Å². The zero-order valence-electron chi connectivity index (χ0n) is 21.2. The van der Waals surface area contributed by atoms with Crippen LogP contribution in [-0.2, 0) is 4.43 Å². The van der Waals surface area contributed by atoms with Gasteiger partial charge in [0, 0.05) is 6.42 Å². The van der Waals surface area contributed by atoms with Crippen LogP contribution in [0.5, 0.6) is 0 Å². The fourth-order valence-corrected chi connectivity index (χ4v) is 9.43. The van der Waals surface area contributed by atoms with Crippen molar-refractivity contribution >= 4 is 26.8 Å². The van der Waals surface area contributed by atoms with Gasteiger partial charge < -0.3 is 4.43 Å². The van der Waals surface area contributed by atoms with Crippen molar-refractivity contribution in [2.24, 2.45) is 0 Å². The van der Waals surface area contributed by atoms with Crippen molar-refractivity contribution in [1.82, 2.24) is 0 Å². The molecule has 0 aromatic heterocycles. The molecule has 3 heteroatoms. The van der Waals surface area contributed by atoms with Crippen LogP contribution in [0, 0.1) is 11.5 Å². The second kappa shape index (κ2) is 11.8. The van der Waals surface area contributed by atoms with E-state index in [0.29, 0.717) is 0 Å². The molecule has 0 aliphatic rings. The van der Waals surface area contributed by atoms with Crippen LogP contribution in [0.3, 0.4) is 0 Å². The monoisotopic (exact) mass is 462 g/mol. The Hall–Kier alpha value is -1.87. The molecule has 1 nitrogen and oxygen atoms in total. The van der Waals surface area contributed by atoms with Crippen molar-refractivity contribution in [2.75, 3.05) is 0 Å². The Bertz CT molecular complexity index is 854. The van der Waals surface area contributed by atoms with E-state index >= 15 is 0 Å². The molecule has 0 unspecified atom stereocenters. The van der Waals surface area contributed by atoms with Gasteiger partial charge in [0.25, 0.3) is 8.32 Å². The van der Waals surface area contributed by atoms with E-state index in [1.54, 1.807) is 0 Å². The zero-order chi connectivity index (χ0) is 23.7.